The zero-order valence-corrected chi connectivity index (χ0v) is 20.0. The summed E-state index contributed by atoms with van der Waals surface area (Å²) in [5.41, 5.74) is 5.39. The number of non-ortho nitro benzene ring substituents is 1. The number of nitro groups is 1. The topological polar surface area (TPSA) is 115 Å². The lowest BCUT2D eigenvalue weighted by Gasteiger charge is -2.10. The molecule has 9 nitrogen and oxygen atoms in total. The number of amides is 1. The molecule has 4 aromatic rings. The first kappa shape index (κ1) is 24.1. The normalized spacial score (nSPS) is 11.3. The van der Waals surface area contributed by atoms with Crippen molar-refractivity contribution in [1.82, 2.24) is 20.2 Å². The van der Waals surface area contributed by atoms with E-state index >= 15 is 0 Å². The zero-order chi connectivity index (χ0) is 24.8. The smallest absolute Gasteiger partial charge is 0.269 e. The minimum atomic E-state index is -0.470. The van der Waals surface area contributed by atoms with Crippen LogP contribution < -0.4 is 5.43 Å². The standard InChI is InChI=1S/C24H19ClN6O3S/c1-16(17-9-13-21(14-10-17)31(33)34)26-27-22(32)15-35-24-29-28-23(18-7-11-19(25)12-8-18)30(24)20-5-3-2-4-6-20/h2-14H,15H2,1H3,(H,27,32). The Kier molecular flexibility index (Phi) is 7.54. The van der Waals surface area contributed by atoms with Crippen molar-refractivity contribution < 1.29 is 9.72 Å². The molecule has 176 valence electrons. The summed E-state index contributed by atoms with van der Waals surface area (Å²) in [6, 6.07) is 22.9. The SMILES string of the molecule is CC(=NNC(=O)CSc1nnc(-c2ccc(Cl)cc2)n1-c1ccccc1)c1ccc([N+](=O)[O-])cc1. The number of hydrogen-bond acceptors (Lipinski definition) is 7. The van der Waals surface area contributed by atoms with E-state index in [0.717, 1.165) is 11.3 Å². The highest BCUT2D eigenvalue weighted by Gasteiger charge is 2.17. The van der Waals surface area contributed by atoms with Gasteiger partial charge >= 0.3 is 0 Å². The Balaban J connectivity index is 1.48. The predicted molar refractivity (Wildman–Crippen MR) is 136 cm³/mol. The summed E-state index contributed by atoms with van der Waals surface area (Å²) in [7, 11) is 0. The van der Waals surface area contributed by atoms with Crippen molar-refractivity contribution in [3.05, 3.63) is 99.6 Å². The summed E-state index contributed by atoms with van der Waals surface area (Å²) in [5.74, 6) is 0.359. The Morgan fingerprint density at radius 3 is 2.40 bits per heavy atom. The van der Waals surface area contributed by atoms with Gasteiger partial charge in [-0.2, -0.15) is 5.10 Å². The molecule has 1 aromatic heterocycles. The van der Waals surface area contributed by atoms with Crippen LogP contribution in [0.3, 0.4) is 0 Å². The summed E-state index contributed by atoms with van der Waals surface area (Å²) >= 11 is 7.26. The van der Waals surface area contributed by atoms with Crippen LogP contribution in [-0.4, -0.2) is 37.1 Å². The lowest BCUT2D eigenvalue weighted by atomic mass is 10.1. The highest BCUT2D eigenvalue weighted by atomic mass is 35.5. The molecule has 0 saturated carbocycles. The molecule has 0 radical (unpaired) electrons. The Morgan fingerprint density at radius 2 is 1.74 bits per heavy atom. The number of nitro benzene ring substituents is 1. The fourth-order valence-corrected chi connectivity index (χ4v) is 4.03. The van der Waals surface area contributed by atoms with Crippen LogP contribution >= 0.6 is 23.4 Å². The fraction of sp³-hybridized carbons (Fsp3) is 0.0833. The Labute approximate surface area is 210 Å². The number of rotatable bonds is 8. The summed E-state index contributed by atoms with van der Waals surface area (Å²) in [6.45, 7) is 1.71. The summed E-state index contributed by atoms with van der Waals surface area (Å²) in [4.78, 5) is 22.8. The molecule has 11 heteroatoms. The molecule has 0 fully saturated rings. The average molecular weight is 507 g/mol. The monoisotopic (exact) mass is 506 g/mol. The lowest BCUT2D eigenvalue weighted by molar-refractivity contribution is -0.384. The van der Waals surface area contributed by atoms with Crippen molar-refractivity contribution in [1.29, 1.82) is 0 Å². The molecular formula is C24H19ClN6O3S. The first-order valence-electron chi connectivity index (χ1n) is 10.4. The van der Waals surface area contributed by atoms with Crippen molar-refractivity contribution in [3.8, 4) is 17.1 Å². The van der Waals surface area contributed by atoms with Gasteiger partial charge in [-0.15, -0.1) is 10.2 Å². The second-order valence-electron chi connectivity index (χ2n) is 7.31. The van der Waals surface area contributed by atoms with Crippen molar-refractivity contribution in [2.75, 3.05) is 5.75 Å². The maximum Gasteiger partial charge on any atom is 0.269 e. The number of thioether (sulfide) groups is 1. The third-order valence-electron chi connectivity index (χ3n) is 4.93. The number of hydrazone groups is 1. The van der Waals surface area contributed by atoms with Crippen LogP contribution in [0.5, 0.6) is 0 Å². The molecule has 1 amide bonds. The number of para-hydroxylation sites is 1. The van der Waals surface area contributed by atoms with E-state index in [9.17, 15) is 14.9 Å². The molecule has 0 bridgehead atoms. The number of halogens is 1. The molecule has 0 aliphatic heterocycles. The first-order chi connectivity index (χ1) is 16.9. The van der Waals surface area contributed by atoms with E-state index in [4.69, 9.17) is 11.6 Å². The molecule has 0 aliphatic carbocycles. The van der Waals surface area contributed by atoms with Crippen LogP contribution in [0.15, 0.2) is 89.1 Å². The van der Waals surface area contributed by atoms with Crippen molar-refractivity contribution >= 4 is 40.7 Å². The molecule has 4 rings (SSSR count). The van der Waals surface area contributed by atoms with Gasteiger partial charge in [-0.25, -0.2) is 5.43 Å². The summed E-state index contributed by atoms with van der Waals surface area (Å²) in [6.07, 6.45) is 0. The summed E-state index contributed by atoms with van der Waals surface area (Å²) < 4.78 is 1.88. The van der Waals surface area contributed by atoms with Gasteiger partial charge in [-0.3, -0.25) is 19.5 Å². The zero-order valence-electron chi connectivity index (χ0n) is 18.5. The maximum atomic E-state index is 12.5. The summed E-state index contributed by atoms with van der Waals surface area (Å²) in [5, 5.41) is 24.7. The largest absolute Gasteiger partial charge is 0.272 e. The maximum absolute atomic E-state index is 12.5. The van der Waals surface area contributed by atoms with E-state index in [1.807, 2.05) is 47.0 Å². The van der Waals surface area contributed by atoms with E-state index in [1.165, 1.54) is 23.9 Å². The van der Waals surface area contributed by atoms with Gasteiger partial charge < -0.3 is 0 Å². The minimum absolute atomic E-state index is 0.0116. The van der Waals surface area contributed by atoms with Crippen molar-refractivity contribution in [3.63, 3.8) is 0 Å². The van der Waals surface area contributed by atoms with E-state index in [0.29, 0.717) is 27.3 Å². The first-order valence-corrected chi connectivity index (χ1v) is 11.8. The highest BCUT2D eigenvalue weighted by molar-refractivity contribution is 7.99. The number of nitrogens with one attached hydrogen (secondary N) is 1. The van der Waals surface area contributed by atoms with E-state index in [1.54, 1.807) is 31.2 Å². The van der Waals surface area contributed by atoms with Crippen LogP contribution in [0.25, 0.3) is 17.1 Å². The molecule has 1 heterocycles. The Morgan fingerprint density at radius 1 is 1.06 bits per heavy atom. The molecule has 0 saturated heterocycles. The fourth-order valence-electron chi connectivity index (χ4n) is 3.16. The van der Waals surface area contributed by atoms with E-state index in [-0.39, 0.29) is 17.3 Å². The third kappa shape index (κ3) is 5.92. The van der Waals surface area contributed by atoms with Crippen LogP contribution in [0, 0.1) is 10.1 Å². The average Bonchev–Trinajstić information content (AvgIpc) is 3.31. The highest BCUT2D eigenvalue weighted by Crippen LogP contribution is 2.28. The number of carbonyl (C=O) groups is 1. The van der Waals surface area contributed by atoms with Crippen molar-refractivity contribution in [2.24, 2.45) is 5.10 Å². The second-order valence-corrected chi connectivity index (χ2v) is 8.69. The van der Waals surface area contributed by atoms with E-state index < -0.39 is 4.92 Å². The molecule has 35 heavy (non-hydrogen) atoms. The van der Waals surface area contributed by atoms with Crippen LogP contribution in [0.1, 0.15) is 12.5 Å². The molecule has 0 spiro atoms. The van der Waals surface area contributed by atoms with Crippen LogP contribution in [0.2, 0.25) is 5.02 Å². The van der Waals surface area contributed by atoms with Crippen LogP contribution in [-0.2, 0) is 4.79 Å². The molecule has 3 aromatic carbocycles. The molecule has 0 aliphatic rings. The van der Waals surface area contributed by atoms with Crippen molar-refractivity contribution in [2.45, 2.75) is 12.1 Å². The van der Waals surface area contributed by atoms with Gasteiger partial charge in [-0.1, -0.05) is 41.6 Å². The van der Waals surface area contributed by atoms with Gasteiger partial charge in [0.1, 0.15) is 0 Å². The number of benzene rings is 3. The van der Waals surface area contributed by atoms with Gasteiger partial charge in [-0.05, 0) is 61.0 Å². The quantitative estimate of drug-likeness (QED) is 0.153. The number of nitrogens with zero attached hydrogens (tertiary/aromatic N) is 5. The van der Waals surface area contributed by atoms with Crippen LogP contribution in [0.4, 0.5) is 5.69 Å². The molecule has 0 atom stereocenters. The van der Waals surface area contributed by atoms with E-state index in [2.05, 4.69) is 20.7 Å². The van der Waals surface area contributed by atoms with Gasteiger partial charge in [0, 0.05) is 28.4 Å². The van der Waals surface area contributed by atoms with Gasteiger partial charge in [0.05, 0.1) is 16.4 Å². The Bertz CT molecular complexity index is 1370. The number of carbonyl (C=O) groups excluding carboxylic acids is 1. The predicted octanol–water partition coefficient (Wildman–Crippen LogP) is 5.13. The third-order valence-corrected chi connectivity index (χ3v) is 6.11. The lowest BCUT2D eigenvalue weighted by Crippen LogP contribution is -2.21. The molecular weight excluding hydrogens is 488 g/mol. The van der Waals surface area contributed by atoms with Gasteiger partial charge in [0.25, 0.3) is 11.6 Å². The number of aromatic nitrogens is 3. The Hall–Kier alpha value is -4.02. The number of hydrogen-bond donors (Lipinski definition) is 1. The second kappa shape index (κ2) is 10.9. The minimum Gasteiger partial charge on any atom is -0.272 e. The molecule has 0 unspecified atom stereocenters. The van der Waals surface area contributed by atoms with Gasteiger partial charge in [0.2, 0.25) is 0 Å². The molecule has 1 N–H and O–H groups in total. The van der Waals surface area contributed by atoms with Gasteiger partial charge in [0.15, 0.2) is 11.0 Å².